The summed E-state index contributed by atoms with van der Waals surface area (Å²) >= 11 is 0. The minimum atomic E-state index is -0.491. The van der Waals surface area contributed by atoms with Crippen LogP contribution < -0.4 is 0 Å². The number of Topliss-reactive ketones (excluding diaryl/α,β-unsaturated/α-hetero) is 2. The molecule has 0 amide bonds. The molecule has 0 saturated carbocycles. The van der Waals surface area contributed by atoms with Gasteiger partial charge in [0.25, 0.3) is 0 Å². The Kier molecular flexibility index (Phi) is 12.3. The van der Waals surface area contributed by atoms with Gasteiger partial charge < -0.3 is 9.13 Å². The molecular weight excluding hydrogens is 709 g/mol. The number of unbranched alkanes of at least 4 members (excludes halogenated alkanes) is 10. The fraction of sp³-hybridized carbons (Fsp3) is 0.296. The van der Waals surface area contributed by atoms with Crippen molar-refractivity contribution in [1.82, 2.24) is 9.13 Å². The first-order chi connectivity index (χ1) is 28.6. The van der Waals surface area contributed by atoms with E-state index in [9.17, 15) is 9.59 Å². The summed E-state index contributed by atoms with van der Waals surface area (Å²) in [4.78, 5) is 27.0. The van der Waals surface area contributed by atoms with E-state index in [1.54, 1.807) is 24.3 Å². The SMILES string of the molecule is CCCCCCCCn1c2ccccc2c2ccc(-c3ccc(C(=O)C(=O)c4ccc(-c5ccc6c7ccccc7n(CCCCCCCC)c6c5)cc4)cc3)cc21. The molecule has 0 aliphatic heterocycles. The number of fused-ring (bicyclic) bond motifs is 6. The van der Waals surface area contributed by atoms with Crippen LogP contribution in [0.1, 0.15) is 112 Å². The lowest BCUT2D eigenvalue weighted by atomic mass is 9.96. The predicted octanol–water partition coefficient (Wildman–Crippen LogP) is 15.0. The van der Waals surface area contributed by atoms with Crippen LogP contribution in [0.5, 0.6) is 0 Å². The molecule has 0 spiro atoms. The Hall–Kier alpha value is -5.74. The molecule has 58 heavy (non-hydrogen) atoms. The summed E-state index contributed by atoms with van der Waals surface area (Å²) in [5.41, 5.74) is 10.1. The van der Waals surface area contributed by atoms with Crippen molar-refractivity contribution in [2.75, 3.05) is 0 Å². The van der Waals surface area contributed by atoms with Crippen LogP contribution in [0.3, 0.4) is 0 Å². The summed E-state index contributed by atoms with van der Waals surface area (Å²) in [7, 11) is 0. The van der Waals surface area contributed by atoms with Gasteiger partial charge in [-0.05, 0) is 59.4 Å². The molecule has 6 aromatic carbocycles. The Labute approximate surface area is 343 Å². The number of rotatable bonds is 19. The maximum atomic E-state index is 13.5. The Morgan fingerprint density at radius 1 is 0.362 bits per heavy atom. The highest BCUT2D eigenvalue weighted by Gasteiger charge is 2.19. The Morgan fingerprint density at radius 3 is 1.12 bits per heavy atom. The topological polar surface area (TPSA) is 44.0 Å². The van der Waals surface area contributed by atoms with Crippen LogP contribution in [-0.4, -0.2) is 20.7 Å². The molecule has 0 atom stereocenters. The second-order valence-electron chi connectivity index (χ2n) is 16.1. The van der Waals surface area contributed by atoms with E-state index >= 15 is 0 Å². The third-order valence-corrected chi connectivity index (χ3v) is 12.2. The molecule has 0 aliphatic rings. The van der Waals surface area contributed by atoms with E-state index in [1.807, 2.05) is 24.3 Å². The fourth-order valence-corrected chi connectivity index (χ4v) is 8.93. The van der Waals surface area contributed by atoms with Gasteiger partial charge in [0.15, 0.2) is 0 Å². The highest BCUT2D eigenvalue weighted by Crippen LogP contribution is 2.35. The molecule has 0 aliphatic carbocycles. The van der Waals surface area contributed by atoms with E-state index in [0.29, 0.717) is 11.1 Å². The Morgan fingerprint density at radius 2 is 0.707 bits per heavy atom. The van der Waals surface area contributed by atoms with Crippen LogP contribution in [0, 0.1) is 0 Å². The van der Waals surface area contributed by atoms with Crippen LogP contribution >= 0.6 is 0 Å². The average Bonchev–Trinajstić information content (AvgIpc) is 3.76. The second kappa shape index (κ2) is 18.2. The number of aryl methyl sites for hydroxylation is 2. The summed E-state index contributed by atoms with van der Waals surface area (Å²) in [5, 5.41) is 5.10. The normalized spacial score (nSPS) is 11.7. The van der Waals surface area contributed by atoms with Crippen LogP contribution in [0.15, 0.2) is 133 Å². The lowest BCUT2D eigenvalue weighted by Gasteiger charge is -2.10. The van der Waals surface area contributed by atoms with Crippen molar-refractivity contribution in [3.63, 3.8) is 0 Å². The van der Waals surface area contributed by atoms with Gasteiger partial charge in [0.2, 0.25) is 11.6 Å². The number of carbonyl (C=O) groups excluding carboxylic acids is 2. The van der Waals surface area contributed by atoms with Crippen LogP contribution in [0.4, 0.5) is 0 Å². The van der Waals surface area contributed by atoms with Gasteiger partial charge in [-0.3, -0.25) is 9.59 Å². The molecular formula is C54H56N2O2. The number of nitrogens with zero attached hydrogens (tertiary/aromatic N) is 2. The number of carbonyl (C=O) groups is 2. The molecule has 0 fully saturated rings. The smallest absolute Gasteiger partial charge is 0.233 e. The van der Waals surface area contributed by atoms with Gasteiger partial charge in [-0.1, -0.05) is 187 Å². The van der Waals surface area contributed by atoms with Crippen LogP contribution in [-0.2, 0) is 13.1 Å². The molecule has 0 bridgehead atoms. The quantitative estimate of drug-likeness (QED) is 0.0467. The summed E-state index contributed by atoms with van der Waals surface area (Å²) in [6, 6.07) is 45.8. The van der Waals surface area contributed by atoms with Crippen molar-refractivity contribution in [2.45, 2.75) is 104 Å². The lowest BCUT2D eigenvalue weighted by Crippen LogP contribution is -2.14. The third-order valence-electron chi connectivity index (χ3n) is 12.2. The number of ketones is 2. The molecule has 294 valence electrons. The van der Waals surface area contributed by atoms with E-state index in [-0.39, 0.29) is 0 Å². The highest BCUT2D eigenvalue weighted by atomic mass is 16.2. The van der Waals surface area contributed by atoms with E-state index in [0.717, 1.165) is 48.2 Å². The monoisotopic (exact) mass is 764 g/mol. The second-order valence-corrected chi connectivity index (χ2v) is 16.1. The third kappa shape index (κ3) is 8.16. The molecule has 0 unspecified atom stereocenters. The zero-order valence-electron chi connectivity index (χ0n) is 34.3. The standard InChI is InChI=1S/C54H56N2O2/c1-3-5-7-9-11-17-35-55-49-21-15-13-19-45(49)47-33-31-43(37-51(47)55)39-23-27-41(28-24-39)53(57)54(58)42-29-25-40(26-30-42)44-32-34-48-46-20-14-16-22-50(46)56(52(48)38-44)36-18-12-10-8-6-4-2/h13-16,19-34,37-38H,3-12,17-18,35-36H2,1-2H3. The number of benzene rings is 6. The van der Waals surface area contributed by atoms with Crippen molar-refractivity contribution in [3.05, 3.63) is 145 Å². The zero-order chi connectivity index (χ0) is 39.8. The van der Waals surface area contributed by atoms with Crippen molar-refractivity contribution < 1.29 is 9.59 Å². The highest BCUT2D eigenvalue weighted by molar-refractivity contribution is 6.49. The van der Waals surface area contributed by atoms with Gasteiger partial charge in [-0.15, -0.1) is 0 Å². The molecule has 4 heteroatoms. The molecule has 4 nitrogen and oxygen atoms in total. The molecule has 2 heterocycles. The Bertz CT molecular complexity index is 2490. The van der Waals surface area contributed by atoms with Gasteiger partial charge >= 0.3 is 0 Å². The minimum Gasteiger partial charge on any atom is -0.340 e. The summed E-state index contributed by atoms with van der Waals surface area (Å²) in [5.74, 6) is -0.983. The first-order valence-corrected chi connectivity index (χ1v) is 21.9. The van der Waals surface area contributed by atoms with E-state index in [2.05, 4.69) is 108 Å². The van der Waals surface area contributed by atoms with Gasteiger partial charge in [0.05, 0.1) is 0 Å². The number of hydrogen-bond acceptors (Lipinski definition) is 2. The zero-order valence-corrected chi connectivity index (χ0v) is 34.3. The van der Waals surface area contributed by atoms with Crippen LogP contribution in [0.2, 0.25) is 0 Å². The Balaban J connectivity index is 0.973. The predicted molar refractivity (Wildman–Crippen MR) is 245 cm³/mol. The molecule has 0 radical (unpaired) electrons. The van der Waals surface area contributed by atoms with Crippen molar-refractivity contribution in [1.29, 1.82) is 0 Å². The van der Waals surface area contributed by atoms with E-state index in [1.165, 1.54) is 108 Å². The lowest BCUT2D eigenvalue weighted by molar-refractivity contribution is 0.0817. The first-order valence-electron chi connectivity index (χ1n) is 21.9. The molecule has 0 saturated heterocycles. The van der Waals surface area contributed by atoms with Gasteiger partial charge in [0, 0.05) is 67.8 Å². The first kappa shape index (κ1) is 39.1. The van der Waals surface area contributed by atoms with Crippen LogP contribution in [0.25, 0.3) is 65.9 Å². The maximum Gasteiger partial charge on any atom is 0.233 e. The largest absolute Gasteiger partial charge is 0.340 e. The van der Waals surface area contributed by atoms with Gasteiger partial charge in [0.1, 0.15) is 0 Å². The van der Waals surface area contributed by atoms with Gasteiger partial charge in [-0.25, -0.2) is 0 Å². The molecule has 8 aromatic rings. The van der Waals surface area contributed by atoms with Crippen molar-refractivity contribution in [2.24, 2.45) is 0 Å². The van der Waals surface area contributed by atoms with E-state index in [4.69, 9.17) is 0 Å². The summed E-state index contributed by atoms with van der Waals surface area (Å²) in [6.45, 7) is 6.52. The average molecular weight is 765 g/mol. The molecule has 8 rings (SSSR count). The molecule has 0 N–H and O–H groups in total. The van der Waals surface area contributed by atoms with Crippen molar-refractivity contribution >= 4 is 55.2 Å². The molecule has 2 aromatic heterocycles. The minimum absolute atomic E-state index is 0.403. The van der Waals surface area contributed by atoms with Gasteiger partial charge in [-0.2, -0.15) is 0 Å². The summed E-state index contributed by atoms with van der Waals surface area (Å²) in [6.07, 6.45) is 15.2. The summed E-state index contributed by atoms with van der Waals surface area (Å²) < 4.78 is 4.95. The number of para-hydroxylation sites is 2. The number of aromatic nitrogens is 2. The fourth-order valence-electron chi connectivity index (χ4n) is 8.93. The van der Waals surface area contributed by atoms with E-state index < -0.39 is 11.6 Å². The maximum absolute atomic E-state index is 13.5. The number of hydrogen-bond donors (Lipinski definition) is 0. The van der Waals surface area contributed by atoms with Crippen molar-refractivity contribution in [3.8, 4) is 22.3 Å².